The summed E-state index contributed by atoms with van der Waals surface area (Å²) >= 11 is 0. The minimum Gasteiger partial charge on any atom is -0.331 e. The molecule has 2 aliphatic heterocycles. The molecule has 0 saturated carbocycles. The first-order valence-electron chi connectivity index (χ1n) is 7.74. The second kappa shape index (κ2) is 6.40. The van der Waals surface area contributed by atoms with E-state index in [1.165, 1.54) is 11.1 Å². The molecule has 1 saturated heterocycles. The summed E-state index contributed by atoms with van der Waals surface area (Å²) in [4.78, 5) is 16.8. The summed E-state index contributed by atoms with van der Waals surface area (Å²) in [5.41, 5.74) is 3.37. The molecule has 3 heteroatoms. The zero-order valence-electron chi connectivity index (χ0n) is 13.1. The molecule has 3 rings (SSSR count). The van der Waals surface area contributed by atoms with Gasteiger partial charge in [-0.2, -0.15) is 0 Å². The van der Waals surface area contributed by atoms with Crippen LogP contribution in [0.1, 0.15) is 48.2 Å². The predicted octanol–water partition coefficient (Wildman–Crippen LogP) is 3.07. The van der Waals surface area contributed by atoms with Gasteiger partial charge in [0.05, 0.1) is 0 Å². The van der Waals surface area contributed by atoms with Gasteiger partial charge in [0.25, 0.3) is 5.91 Å². The molecule has 110 valence electrons. The Balaban J connectivity index is 0.000000704. The third kappa shape index (κ3) is 2.88. The second-order valence-corrected chi connectivity index (χ2v) is 5.63. The maximum Gasteiger partial charge on any atom is 0.254 e. The van der Waals surface area contributed by atoms with Gasteiger partial charge in [-0.3, -0.25) is 4.79 Å². The van der Waals surface area contributed by atoms with E-state index in [-0.39, 0.29) is 5.91 Å². The van der Waals surface area contributed by atoms with E-state index in [0.29, 0.717) is 6.04 Å². The van der Waals surface area contributed by atoms with Crippen molar-refractivity contribution in [3.05, 3.63) is 34.9 Å². The van der Waals surface area contributed by atoms with Crippen LogP contribution in [0.2, 0.25) is 0 Å². The fraction of sp³-hybridized carbons (Fsp3) is 0.588. The lowest BCUT2D eigenvalue weighted by atomic mass is 10.0. The molecule has 0 aromatic heterocycles. The van der Waals surface area contributed by atoms with Crippen LogP contribution in [0.5, 0.6) is 0 Å². The molecule has 0 aliphatic carbocycles. The molecular weight excluding hydrogens is 248 g/mol. The Kier molecular flexibility index (Phi) is 4.81. The predicted molar refractivity (Wildman–Crippen MR) is 82.9 cm³/mol. The molecule has 0 radical (unpaired) electrons. The van der Waals surface area contributed by atoms with Crippen LogP contribution in [0.15, 0.2) is 18.2 Å². The molecule has 1 aromatic carbocycles. The molecule has 0 N–H and O–H groups in total. The van der Waals surface area contributed by atoms with Gasteiger partial charge in [0.15, 0.2) is 0 Å². The Morgan fingerprint density at radius 2 is 1.80 bits per heavy atom. The Hall–Kier alpha value is -1.35. The average Bonchev–Trinajstić information content (AvgIpc) is 2.78. The summed E-state index contributed by atoms with van der Waals surface area (Å²) in [5.74, 6) is 0.236. The van der Waals surface area contributed by atoms with Crippen LogP contribution in [0.25, 0.3) is 0 Å². The number of fused-ring (bicyclic) bond motifs is 1. The maximum atomic E-state index is 12.4. The Morgan fingerprint density at radius 3 is 2.45 bits per heavy atom. The van der Waals surface area contributed by atoms with Crippen LogP contribution >= 0.6 is 0 Å². The number of aryl methyl sites for hydroxylation is 1. The van der Waals surface area contributed by atoms with Crippen molar-refractivity contribution in [2.45, 2.75) is 46.2 Å². The topological polar surface area (TPSA) is 23.6 Å². The molecule has 1 amide bonds. The summed E-state index contributed by atoms with van der Waals surface area (Å²) < 4.78 is 0. The van der Waals surface area contributed by atoms with Gasteiger partial charge >= 0.3 is 0 Å². The number of piperidine rings is 1. The van der Waals surface area contributed by atoms with Gasteiger partial charge < -0.3 is 9.80 Å². The number of hydrogen-bond donors (Lipinski definition) is 0. The monoisotopic (exact) mass is 274 g/mol. The number of likely N-dealkylation sites (tertiary alicyclic amines) is 1. The van der Waals surface area contributed by atoms with Crippen LogP contribution in [0.4, 0.5) is 0 Å². The van der Waals surface area contributed by atoms with E-state index < -0.39 is 0 Å². The highest BCUT2D eigenvalue weighted by Crippen LogP contribution is 2.28. The van der Waals surface area contributed by atoms with Crippen LogP contribution in [0, 0.1) is 6.92 Å². The second-order valence-electron chi connectivity index (χ2n) is 5.63. The van der Waals surface area contributed by atoms with Crippen molar-refractivity contribution in [3.8, 4) is 0 Å². The number of carbonyl (C=O) groups excluding carboxylic acids is 1. The average molecular weight is 274 g/mol. The molecule has 3 nitrogen and oxygen atoms in total. The fourth-order valence-corrected chi connectivity index (χ4v) is 3.07. The summed E-state index contributed by atoms with van der Waals surface area (Å²) in [5, 5.41) is 0. The largest absolute Gasteiger partial charge is 0.331 e. The van der Waals surface area contributed by atoms with Crippen molar-refractivity contribution in [1.29, 1.82) is 0 Å². The molecule has 0 atom stereocenters. The zero-order chi connectivity index (χ0) is 14.7. The maximum absolute atomic E-state index is 12.4. The Bertz CT molecular complexity index is 476. The smallest absolute Gasteiger partial charge is 0.254 e. The van der Waals surface area contributed by atoms with E-state index in [2.05, 4.69) is 29.8 Å². The van der Waals surface area contributed by atoms with Crippen LogP contribution < -0.4 is 0 Å². The van der Waals surface area contributed by atoms with Gasteiger partial charge in [-0.05, 0) is 51.5 Å². The number of benzene rings is 1. The highest BCUT2D eigenvalue weighted by Gasteiger charge is 2.33. The van der Waals surface area contributed by atoms with E-state index in [4.69, 9.17) is 0 Å². The third-order valence-corrected chi connectivity index (χ3v) is 4.22. The summed E-state index contributed by atoms with van der Waals surface area (Å²) in [6, 6.07) is 6.61. The van der Waals surface area contributed by atoms with Crippen molar-refractivity contribution >= 4 is 5.91 Å². The standard InChI is InChI=1S/C15H20N2O.C2H6/c1-11-3-4-14-12(9-11)10-17(15(14)18)13-5-7-16(2)8-6-13;1-2/h3-4,9,13H,5-8,10H2,1-2H3;1-2H3. The fourth-order valence-electron chi connectivity index (χ4n) is 3.07. The number of amides is 1. The summed E-state index contributed by atoms with van der Waals surface area (Å²) in [7, 11) is 2.15. The molecule has 2 aliphatic rings. The minimum absolute atomic E-state index is 0.236. The van der Waals surface area contributed by atoms with Crippen molar-refractivity contribution < 1.29 is 4.79 Å². The van der Waals surface area contributed by atoms with Gasteiger partial charge in [-0.15, -0.1) is 0 Å². The molecule has 1 aromatic rings. The lowest BCUT2D eigenvalue weighted by Gasteiger charge is -2.34. The number of carbonyl (C=O) groups is 1. The first kappa shape index (κ1) is 15.0. The normalized spacial score (nSPS) is 19.6. The SMILES string of the molecule is CC.Cc1ccc2c(c1)CN(C1CCN(C)CC1)C2=O. The van der Waals surface area contributed by atoms with Crippen molar-refractivity contribution in [3.63, 3.8) is 0 Å². The van der Waals surface area contributed by atoms with Gasteiger partial charge in [0.1, 0.15) is 0 Å². The zero-order valence-corrected chi connectivity index (χ0v) is 13.1. The highest BCUT2D eigenvalue weighted by atomic mass is 16.2. The molecule has 1 fully saturated rings. The van der Waals surface area contributed by atoms with E-state index in [1.54, 1.807) is 0 Å². The molecule has 0 spiro atoms. The first-order chi connectivity index (χ1) is 9.65. The van der Waals surface area contributed by atoms with Gasteiger partial charge in [-0.25, -0.2) is 0 Å². The third-order valence-electron chi connectivity index (χ3n) is 4.22. The molecule has 20 heavy (non-hydrogen) atoms. The lowest BCUT2D eigenvalue weighted by molar-refractivity contribution is 0.0617. The van der Waals surface area contributed by atoms with Gasteiger partial charge in [0.2, 0.25) is 0 Å². The molecular formula is C17H26N2O. The lowest BCUT2D eigenvalue weighted by Crippen LogP contribution is -2.43. The van der Waals surface area contributed by atoms with Crippen LogP contribution in [-0.2, 0) is 6.54 Å². The van der Waals surface area contributed by atoms with E-state index in [0.717, 1.165) is 38.0 Å². The Labute approximate surface area is 122 Å². The van der Waals surface area contributed by atoms with E-state index in [1.807, 2.05) is 26.0 Å². The number of rotatable bonds is 1. The van der Waals surface area contributed by atoms with Crippen LogP contribution in [0.3, 0.4) is 0 Å². The molecule has 0 bridgehead atoms. The highest BCUT2D eigenvalue weighted by molar-refractivity contribution is 5.98. The van der Waals surface area contributed by atoms with Crippen molar-refractivity contribution in [2.75, 3.05) is 20.1 Å². The molecule has 2 heterocycles. The first-order valence-corrected chi connectivity index (χ1v) is 7.74. The summed E-state index contributed by atoms with van der Waals surface area (Å²) in [6.07, 6.45) is 2.21. The summed E-state index contributed by atoms with van der Waals surface area (Å²) in [6.45, 7) is 9.10. The van der Waals surface area contributed by atoms with E-state index in [9.17, 15) is 4.79 Å². The van der Waals surface area contributed by atoms with E-state index >= 15 is 0 Å². The minimum atomic E-state index is 0.236. The number of nitrogens with zero attached hydrogens (tertiary/aromatic N) is 2. The van der Waals surface area contributed by atoms with Crippen molar-refractivity contribution in [1.82, 2.24) is 9.80 Å². The number of hydrogen-bond acceptors (Lipinski definition) is 2. The Morgan fingerprint density at radius 1 is 1.15 bits per heavy atom. The van der Waals surface area contributed by atoms with Gasteiger partial charge in [-0.1, -0.05) is 31.5 Å². The molecule has 0 unspecified atom stereocenters. The van der Waals surface area contributed by atoms with Crippen LogP contribution in [-0.4, -0.2) is 41.9 Å². The van der Waals surface area contributed by atoms with Gasteiger partial charge in [0, 0.05) is 18.2 Å². The quantitative estimate of drug-likeness (QED) is 0.786. The van der Waals surface area contributed by atoms with Crippen molar-refractivity contribution in [2.24, 2.45) is 0 Å².